The molecule has 3 rings (SSSR count). The number of guanidine groups is 1. The highest BCUT2D eigenvalue weighted by Crippen LogP contribution is 2.29. The van der Waals surface area contributed by atoms with Gasteiger partial charge in [-0.1, -0.05) is 0 Å². The van der Waals surface area contributed by atoms with Gasteiger partial charge >= 0.3 is 0 Å². The minimum absolute atomic E-state index is 0.124. The molecule has 0 radical (unpaired) electrons. The van der Waals surface area contributed by atoms with Crippen LogP contribution in [0.25, 0.3) is 0 Å². The number of hydrogen-bond acceptors (Lipinski definition) is 4. The second-order valence-corrected chi connectivity index (χ2v) is 4.61. The molecule has 0 saturated heterocycles. The predicted octanol–water partition coefficient (Wildman–Crippen LogP) is -0.280. The van der Waals surface area contributed by atoms with Crippen molar-refractivity contribution in [1.82, 2.24) is 14.7 Å². The summed E-state index contributed by atoms with van der Waals surface area (Å²) in [5.41, 5.74) is 2.16. The third-order valence-electron chi connectivity index (χ3n) is 3.51. The Morgan fingerprint density at radius 3 is 2.88 bits per heavy atom. The number of nitrogens with zero attached hydrogens (tertiary/aromatic N) is 4. The van der Waals surface area contributed by atoms with Crippen LogP contribution in [0.1, 0.15) is 6.42 Å². The molecule has 0 fully saturated rings. The van der Waals surface area contributed by atoms with E-state index in [0.29, 0.717) is 0 Å². The second-order valence-electron chi connectivity index (χ2n) is 4.61. The van der Waals surface area contributed by atoms with Gasteiger partial charge in [-0.2, -0.15) is 0 Å². The number of hydrogen-bond donors (Lipinski definition) is 0. The third-order valence-corrected chi connectivity index (χ3v) is 3.51. The van der Waals surface area contributed by atoms with Crippen LogP contribution >= 0.6 is 0 Å². The molecule has 0 N–H and O–H groups in total. The van der Waals surface area contributed by atoms with E-state index < -0.39 is 0 Å². The van der Waals surface area contributed by atoms with Gasteiger partial charge in [-0.05, 0) is 7.05 Å². The van der Waals surface area contributed by atoms with E-state index in [2.05, 4.69) is 21.8 Å². The van der Waals surface area contributed by atoms with Gasteiger partial charge in [-0.15, -0.1) is 0 Å². The summed E-state index contributed by atoms with van der Waals surface area (Å²) in [4.78, 5) is 22.7. The summed E-state index contributed by atoms with van der Waals surface area (Å²) in [5, 5.41) is 0. The summed E-state index contributed by atoms with van der Waals surface area (Å²) in [6.07, 6.45) is 0.963. The molecule has 0 aromatic heterocycles. The van der Waals surface area contributed by atoms with Crippen molar-refractivity contribution >= 4 is 11.9 Å². The van der Waals surface area contributed by atoms with Crippen molar-refractivity contribution in [2.24, 2.45) is 4.99 Å². The van der Waals surface area contributed by atoms with Crippen LogP contribution in [-0.4, -0.2) is 66.8 Å². The summed E-state index contributed by atoms with van der Waals surface area (Å²) < 4.78 is 0. The monoisotopic (exact) mass is 220 g/mol. The quantitative estimate of drug-likeness (QED) is 0.563. The zero-order valence-corrected chi connectivity index (χ0v) is 9.73. The Morgan fingerprint density at radius 2 is 2.06 bits per heavy atom. The number of carbonyl (C=O) groups is 1. The largest absolute Gasteiger partial charge is 0.314 e. The van der Waals surface area contributed by atoms with Crippen LogP contribution in [0.4, 0.5) is 0 Å². The van der Waals surface area contributed by atoms with E-state index in [1.54, 1.807) is 4.90 Å². The Balaban J connectivity index is 2.06. The van der Waals surface area contributed by atoms with Gasteiger partial charge in [0.2, 0.25) is 5.96 Å². The van der Waals surface area contributed by atoms with E-state index in [9.17, 15) is 4.79 Å². The maximum absolute atomic E-state index is 12.2. The van der Waals surface area contributed by atoms with Crippen molar-refractivity contribution in [2.45, 2.75) is 6.42 Å². The molecule has 3 aliphatic heterocycles. The first-order chi connectivity index (χ1) is 7.68. The Bertz CT molecular complexity index is 412. The maximum atomic E-state index is 12.2. The van der Waals surface area contributed by atoms with E-state index >= 15 is 0 Å². The number of fused-ring (bicyclic) bond motifs is 2. The Morgan fingerprint density at radius 1 is 1.25 bits per heavy atom. The maximum Gasteiger partial charge on any atom is 0.259 e. The standard InChI is InChI=1S/C11H16N4O/c1-13-5-3-9-8(7-13)10(16)14(2)11-12-4-6-15(9)11/h3-7H2,1-2H3. The first-order valence-corrected chi connectivity index (χ1v) is 5.69. The molecule has 0 atom stereocenters. The fourth-order valence-electron chi connectivity index (χ4n) is 2.65. The normalized spacial score (nSPS) is 25.9. The van der Waals surface area contributed by atoms with Crippen molar-refractivity contribution in [3.63, 3.8) is 0 Å². The summed E-state index contributed by atoms with van der Waals surface area (Å²) in [6.45, 7) is 3.52. The average Bonchev–Trinajstić information content (AvgIpc) is 2.75. The van der Waals surface area contributed by atoms with Gasteiger partial charge < -0.3 is 9.80 Å². The number of rotatable bonds is 0. The molecule has 0 unspecified atom stereocenters. The minimum Gasteiger partial charge on any atom is -0.314 e. The van der Waals surface area contributed by atoms with Crippen LogP contribution in [0.15, 0.2) is 16.3 Å². The topological polar surface area (TPSA) is 39.2 Å². The molecule has 0 aromatic carbocycles. The van der Waals surface area contributed by atoms with Gasteiger partial charge in [0.15, 0.2) is 0 Å². The van der Waals surface area contributed by atoms with Crippen molar-refractivity contribution in [3.05, 3.63) is 11.3 Å². The fraction of sp³-hybridized carbons (Fsp3) is 0.636. The predicted molar refractivity (Wildman–Crippen MR) is 60.9 cm³/mol. The van der Waals surface area contributed by atoms with E-state index in [-0.39, 0.29) is 5.91 Å². The lowest BCUT2D eigenvalue weighted by Crippen LogP contribution is -2.52. The lowest BCUT2D eigenvalue weighted by Gasteiger charge is -2.39. The molecule has 86 valence electrons. The van der Waals surface area contributed by atoms with Gasteiger partial charge in [0, 0.05) is 38.8 Å². The van der Waals surface area contributed by atoms with Crippen LogP contribution in [0.2, 0.25) is 0 Å². The molecule has 0 aromatic rings. The fourth-order valence-corrected chi connectivity index (χ4v) is 2.65. The molecular formula is C11H16N4O. The Hall–Kier alpha value is -1.36. The highest BCUT2D eigenvalue weighted by Gasteiger charge is 2.38. The molecule has 3 aliphatic rings. The number of aliphatic imine (C=N–C) groups is 1. The van der Waals surface area contributed by atoms with Crippen molar-refractivity contribution in [2.75, 3.05) is 40.3 Å². The van der Waals surface area contributed by atoms with Crippen LogP contribution in [0.3, 0.4) is 0 Å². The smallest absolute Gasteiger partial charge is 0.259 e. The van der Waals surface area contributed by atoms with Crippen molar-refractivity contribution < 1.29 is 4.79 Å². The van der Waals surface area contributed by atoms with Crippen LogP contribution in [0, 0.1) is 0 Å². The Kier molecular flexibility index (Phi) is 2.04. The zero-order chi connectivity index (χ0) is 11.3. The molecule has 5 nitrogen and oxygen atoms in total. The van der Waals surface area contributed by atoms with Gasteiger partial charge in [0.25, 0.3) is 5.91 Å². The first kappa shape index (κ1) is 9.84. The molecule has 0 spiro atoms. The average molecular weight is 220 g/mol. The number of carbonyl (C=O) groups excluding carboxylic acids is 1. The van der Waals surface area contributed by atoms with E-state index in [1.165, 1.54) is 5.70 Å². The van der Waals surface area contributed by atoms with E-state index in [1.807, 2.05) is 7.05 Å². The SMILES string of the molecule is CN1CCC2=C(C1)C(=O)N(C)C1=NCCN12. The molecular weight excluding hydrogens is 204 g/mol. The van der Waals surface area contributed by atoms with Crippen molar-refractivity contribution in [1.29, 1.82) is 0 Å². The van der Waals surface area contributed by atoms with Gasteiger partial charge in [-0.25, -0.2) is 0 Å². The first-order valence-electron chi connectivity index (χ1n) is 5.69. The molecule has 1 amide bonds. The Labute approximate surface area is 95.0 Å². The number of likely N-dealkylation sites (N-methyl/N-ethyl adjacent to an activating group) is 2. The lowest BCUT2D eigenvalue weighted by atomic mass is 10.0. The van der Waals surface area contributed by atoms with Gasteiger partial charge in [0.1, 0.15) is 0 Å². The summed E-state index contributed by atoms with van der Waals surface area (Å²) in [5.74, 6) is 0.965. The van der Waals surface area contributed by atoms with Gasteiger partial charge in [0.05, 0.1) is 12.1 Å². The lowest BCUT2D eigenvalue weighted by molar-refractivity contribution is -0.124. The van der Waals surface area contributed by atoms with Crippen LogP contribution in [-0.2, 0) is 4.79 Å². The minimum atomic E-state index is 0.124. The summed E-state index contributed by atoms with van der Waals surface area (Å²) in [7, 11) is 3.88. The highest BCUT2D eigenvalue weighted by atomic mass is 16.2. The molecule has 3 heterocycles. The highest BCUT2D eigenvalue weighted by molar-refractivity contribution is 6.09. The zero-order valence-electron chi connectivity index (χ0n) is 9.73. The molecule has 0 saturated carbocycles. The summed E-state index contributed by atoms with van der Waals surface area (Å²) >= 11 is 0. The van der Waals surface area contributed by atoms with Crippen LogP contribution < -0.4 is 0 Å². The summed E-state index contributed by atoms with van der Waals surface area (Å²) in [6, 6.07) is 0. The molecule has 0 bridgehead atoms. The van der Waals surface area contributed by atoms with Crippen LogP contribution in [0.5, 0.6) is 0 Å². The van der Waals surface area contributed by atoms with E-state index in [4.69, 9.17) is 0 Å². The second kappa shape index (κ2) is 3.31. The van der Waals surface area contributed by atoms with Crippen molar-refractivity contribution in [3.8, 4) is 0 Å². The molecule has 16 heavy (non-hydrogen) atoms. The molecule has 5 heteroatoms. The van der Waals surface area contributed by atoms with Gasteiger partial charge in [-0.3, -0.25) is 14.7 Å². The van der Waals surface area contributed by atoms with E-state index in [0.717, 1.165) is 44.1 Å². The molecule has 0 aliphatic carbocycles. The third kappa shape index (κ3) is 1.21. The number of amides is 1.